The van der Waals surface area contributed by atoms with Crippen LogP contribution >= 0.6 is 0 Å². The van der Waals surface area contributed by atoms with E-state index in [1.807, 2.05) is 6.92 Å². The van der Waals surface area contributed by atoms with E-state index in [1.165, 1.54) is 12.8 Å². The van der Waals surface area contributed by atoms with Crippen LogP contribution in [0.5, 0.6) is 0 Å². The number of fused-ring (bicyclic) bond motifs is 5. The number of ether oxygens (including phenoxy) is 1. The molecule has 3 heteroatoms. The Balaban J connectivity index is 1.68. The lowest BCUT2D eigenvalue weighted by Crippen LogP contribution is -2.34. The molecule has 0 spiro atoms. The molecule has 3 nitrogen and oxygen atoms in total. The van der Waals surface area contributed by atoms with Crippen LogP contribution in [-0.4, -0.2) is 18.6 Å². The number of carbonyl (C=O) groups excluding carboxylic acids is 1. The first-order valence-corrected chi connectivity index (χ1v) is 6.63. The molecular formula is C13H21NO2. The van der Waals surface area contributed by atoms with Crippen LogP contribution in [0.1, 0.15) is 32.6 Å². The molecule has 0 heterocycles. The van der Waals surface area contributed by atoms with Gasteiger partial charge in [-0.1, -0.05) is 0 Å². The average Bonchev–Trinajstić information content (AvgIpc) is 2.86. The molecule has 0 aliphatic heterocycles. The molecule has 90 valence electrons. The maximum absolute atomic E-state index is 11.7. The van der Waals surface area contributed by atoms with Gasteiger partial charge >= 0.3 is 5.97 Å². The fourth-order valence-corrected chi connectivity index (χ4v) is 4.58. The van der Waals surface area contributed by atoms with E-state index in [0.717, 1.165) is 30.6 Å². The topological polar surface area (TPSA) is 52.3 Å². The second kappa shape index (κ2) is 3.73. The minimum Gasteiger partial charge on any atom is -0.466 e. The SMILES string of the molecule is CCOC(=O)C1CC2C3CC(N)C(C3)C2C1. The summed E-state index contributed by atoms with van der Waals surface area (Å²) >= 11 is 0. The molecule has 0 saturated heterocycles. The normalized spacial score (nSPS) is 49.4. The summed E-state index contributed by atoms with van der Waals surface area (Å²) in [6.07, 6.45) is 4.63. The van der Waals surface area contributed by atoms with Gasteiger partial charge in [-0.05, 0) is 56.3 Å². The highest BCUT2D eigenvalue weighted by molar-refractivity contribution is 5.72. The van der Waals surface area contributed by atoms with E-state index >= 15 is 0 Å². The van der Waals surface area contributed by atoms with Gasteiger partial charge in [0.1, 0.15) is 0 Å². The lowest BCUT2D eigenvalue weighted by Gasteiger charge is -2.28. The van der Waals surface area contributed by atoms with Gasteiger partial charge in [-0.25, -0.2) is 0 Å². The van der Waals surface area contributed by atoms with Crippen molar-refractivity contribution in [2.45, 2.75) is 38.6 Å². The standard InChI is InChI=1S/C13H21NO2/c1-2-16-13(15)8-4-9-7-3-11(10(9)5-8)12(14)6-7/h7-12H,2-6,14H2,1H3. The van der Waals surface area contributed by atoms with Gasteiger partial charge in [0, 0.05) is 6.04 Å². The smallest absolute Gasteiger partial charge is 0.308 e. The summed E-state index contributed by atoms with van der Waals surface area (Å²) in [5, 5.41) is 0. The Morgan fingerprint density at radius 2 is 1.94 bits per heavy atom. The van der Waals surface area contributed by atoms with E-state index in [4.69, 9.17) is 10.5 Å². The van der Waals surface area contributed by atoms with Gasteiger partial charge in [0.2, 0.25) is 0 Å². The largest absolute Gasteiger partial charge is 0.466 e. The van der Waals surface area contributed by atoms with Gasteiger partial charge in [0.15, 0.2) is 0 Å². The first-order valence-electron chi connectivity index (χ1n) is 6.63. The summed E-state index contributed by atoms with van der Waals surface area (Å²) in [4.78, 5) is 11.7. The molecule has 2 bridgehead atoms. The maximum atomic E-state index is 11.7. The zero-order valence-corrected chi connectivity index (χ0v) is 9.89. The number of hydrogen-bond acceptors (Lipinski definition) is 3. The van der Waals surface area contributed by atoms with Crippen LogP contribution in [0.3, 0.4) is 0 Å². The molecule has 16 heavy (non-hydrogen) atoms. The fourth-order valence-electron chi connectivity index (χ4n) is 4.58. The van der Waals surface area contributed by atoms with E-state index in [9.17, 15) is 4.79 Å². The van der Waals surface area contributed by atoms with Crippen molar-refractivity contribution in [1.82, 2.24) is 0 Å². The molecule has 0 aromatic heterocycles. The third kappa shape index (κ3) is 1.41. The Kier molecular flexibility index (Phi) is 2.46. The van der Waals surface area contributed by atoms with Crippen LogP contribution < -0.4 is 5.73 Å². The molecular weight excluding hydrogens is 202 g/mol. The summed E-state index contributed by atoms with van der Waals surface area (Å²) in [6.45, 7) is 2.39. The first kappa shape index (κ1) is 10.6. The molecule has 0 amide bonds. The van der Waals surface area contributed by atoms with Crippen molar-refractivity contribution in [1.29, 1.82) is 0 Å². The van der Waals surface area contributed by atoms with Crippen molar-refractivity contribution < 1.29 is 9.53 Å². The highest BCUT2D eigenvalue weighted by atomic mass is 16.5. The molecule has 0 radical (unpaired) electrons. The van der Waals surface area contributed by atoms with E-state index in [2.05, 4.69) is 0 Å². The predicted molar refractivity (Wildman–Crippen MR) is 60.5 cm³/mol. The Bertz CT molecular complexity index is 304. The lowest BCUT2D eigenvalue weighted by molar-refractivity contribution is -0.148. The number of rotatable bonds is 2. The molecule has 6 atom stereocenters. The van der Waals surface area contributed by atoms with Crippen LogP contribution in [0.2, 0.25) is 0 Å². The van der Waals surface area contributed by atoms with Gasteiger partial charge < -0.3 is 10.5 Å². The maximum Gasteiger partial charge on any atom is 0.308 e. The predicted octanol–water partition coefficient (Wildman–Crippen LogP) is 1.56. The minimum absolute atomic E-state index is 0.0323. The number of hydrogen-bond donors (Lipinski definition) is 1. The zero-order valence-electron chi connectivity index (χ0n) is 9.89. The third-order valence-corrected chi connectivity index (χ3v) is 5.14. The highest BCUT2D eigenvalue weighted by Crippen LogP contribution is 2.59. The first-order chi connectivity index (χ1) is 7.70. The van der Waals surface area contributed by atoms with E-state index in [-0.39, 0.29) is 11.9 Å². The lowest BCUT2D eigenvalue weighted by atomic mass is 9.79. The summed E-state index contributed by atoms with van der Waals surface area (Å²) in [5.41, 5.74) is 6.14. The second-order valence-corrected chi connectivity index (χ2v) is 5.81. The summed E-state index contributed by atoms with van der Waals surface area (Å²) < 4.78 is 5.14. The molecule has 2 N–H and O–H groups in total. The summed E-state index contributed by atoms with van der Waals surface area (Å²) in [6, 6.07) is 0.409. The zero-order chi connectivity index (χ0) is 11.3. The number of nitrogens with two attached hydrogens (primary N) is 1. The Hall–Kier alpha value is -0.570. The Labute approximate surface area is 96.7 Å². The van der Waals surface area contributed by atoms with Crippen LogP contribution in [0.15, 0.2) is 0 Å². The highest BCUT2D eigenvalue weighted by Gasteiger charge is 2.56. The summed E-state index contributed by atoms with van der Waals surface area (Å²) in [5.74, 6) is 3.22. The quantitative estimate of drug-likeness (QED) is 0.723. The van der Waals surface area contributed by atoms with Crippen LogP contribution in [-0.2, 0) is 9.53 Å². The fraction of sp³-hybridized carbons (Fsp3) is 0.923. The van der Waals surface area contributed by atoms with Gasteiger partial charge in [0.25, 0.3) is 0 Å². The molecule has 6 unspecified atom stereocenters. The number of carbonyl (C=O) groups is 1. The van der Waals surface area contributed by atoms with Crippen LogP contribution in [0.25, 0.3) is 0 Å². The monoisotopic (exact) mass is 223 g/mol. The van der Waals surface area contributed by atoms with Crippen molar-refractivity contribution in [3.8, 4) is 0 Å². The molecule has 0 aromatic carbocycles. The summed E-state index contributed by atoms with van der Waals surface area (Å²) in [7, 11) is 0. The van der Waals surface area contributed by atoms with Crippen LogP contribution in [0, 0.1) is 29.6 Å². The van der Waals surface area contributed by atoms with Gasteiger partial charge in [-0.2, -0.15) is 0 Å². The van der Waals surface area contributed by atoms with Gasteiger partial charge in [-0.15, -0.1) is 0 Å². The van der Waals surface area contributed by atoms with Gasteiger partial charge in [0.05, 0.1) is 12.5 Å². The molecule has 0 aromatic rings. The Morgan fingerprint density at radius 3 is 2.69 bits per heavy atom. The van der Waals surface area contributed by atoms with E-state index in [1.54, 1.807) is 0 Å². The molecule has 3 fully saturated rings. The van der Waals surface area contributed by atoms with Crippen LogP contribution in [0.4, 0.5) is 0 Å². The van der Waals surface area contributed by atoms with Crippen molar-refractivity contribution in [2.75, 3.05) is 6.61 Å². The van der Waals surface area contributed by atoms with Crippen molar-refractivity contribution in [2.24, 2.45) is 35.3 Å². The second-order valence-electron chi connectivity index (χ2n) is 5.81. The molecule has 3 rings (SSSR count). The molecule has 3 aliphatic carbocycles. The van der Waals surface area contributed by atoms with E-state index < -0.39 is 0 Å². The molecule has 3 aliphatic rings. The van der Waals surface area contributed by atoms with Crippen molar-refractivity contribution >= 4 is 5.97 Å². The Morgan fingerprint density at radius 1 is 1.19 bits per heavy atom. The van der Waals surface area contributed by atoms with Gasteiger partial charge in [-0.3, -0.25) is 4.79 Å². The van der Waals surface area contributed by atoms with Crippen molar-refractivity contribution in [3.05, 3.63) is 0 Å². The minimum atomic E-state index is 0.0323. The average molecular weight is 223 g/mol. The van der Waals surface area contributed by atoms with E-state index in [0.29, 0.717) is 18.6 Å². The van der Waals surface area contributed by atoms with Crippen molar-refractivity contribution in [3.63, 3.8) is 0 Å². The third-order valence-electron chi connectivity index (χ3n) is 5.14. The number of esters is 1. The molecule has 3 saturated carbocycles.